The lowest BCUT2D eigenvalue weighted by Crippen LogP contribution is -2.18. The van der Waals surface area contributed by atoms with Gasteiger partial charge in [-0.2, -0.15) is 5.26 Å². The van der Waals surface area contributed by atoms with E-state index >= 15 is 0 Å². The fourth-order valence-electron chi connectivity index (χ4n) is 3.37. The Labute approximate surface area is 166 Å². The van der Waals surface area contributed by atoms with Gasteiger partial charge in [-0.1, -0.05) is 31.0 Å². The molecular formula is C18H20N6O3S. The molecule has 28 heavy (non-hydrogen) atoms. The Morgan fingerprint density at radius 3 is 2.82 bits per heavy atom. The van der Waals surface area contributed by atoms with Crippen LogP contribution in [0, 0.1) is 28.4 Å². The standard InChI is InChI=1S/C18H20N6O3S/c1-12-21-22-18(23(12)14-5-3-2-4-6-14)28-11-17(25)20-16-8-7-15(24(26)27)9-13(16)10-19/h7-9,14H,2-6,11H2,1H3,(H,20,25). The zero-order valence-electron chi connectivity index (χ0n) is 15.4. The zero-order chi connectivity index (χ0) is 20.1. The number of carbonyl (C=O) groups is 1. The van der Waals surface area contributed by atoms with Gasteiger partial charge in [0.2, 0.25) is 5.91 Å². The van der Waals surface area contributed by atoms with E-state index in [9.17, 15) is 20.2 Å². The molecule has 1 N–H and O–H groups in total. The van der Waals surface area contributed by atoms with Crippen LogP contribution in [0.5, 0.6) is 0 Å². The predicted octanol–water partition coefficient (Wildman–Crippen LogP) is 3.60. The minimum absolute atomic E-state index is 0.0498. The van der Waals surface area contributed by atoms with Crippen LogP contribution < -0.4 is 5.32 Å². The molecule has 1 aliphatic rings. The molecule has 0 aliphatic heterocycles. The molecule has 0 unspecified atom stereocenters. The highest BCUT2D eigenvalue weighted by Gasteiger charge is 2.22. The largest absolute Gasteiger partial charge is 0.324 e. The molecule has 1 aliphatic carbocycles. The maximum absolute atomic E-state index is 12.3. The lowest BCUT2D eigenvalue weighted by molar-refractivity contribution is -0.384. The van der Waals surface area contributed by atoms with E-state index in [1.807, 2.05) is 13.0 Å². The number of nitrogens with zero attached hydrogens (tertiary/aromatic N) is 5. The number of nitro groups is 1. The topological polar surface area (TPSA) is 127 Å². The van der Waals surface area contributed by atoms with E-state index in [1.165, 1.54) is 43.2 Å². The summed E-state index contributed by atoms with van der Waals surface area (Å²) in [6, 6.07) is 6.01. The molecule has 0 atom stereocenters. The second kappa shape index (κ2) is 8.84. The minimum atomic E-state index is -0.581. The fraction of sp³-hybridized carbons (Fsp3) is 0.444. The molecule has 1 aromatic heterocycles. The monoisotopic (exact) mass is 400 g/mol. The van der Waals surface area contributed by atoms with Crippen LogP contribution in [-0.4, -0.2) is 31.3 Å². The fourth-order valence-corrected chi connectivity index (χ4v) is 4.22. The number of non-ortho nitro benzene ring substituents is 1. The number of aromatic nitrogens is 3. The van der Waals surface area contributed by atoms with E-state index in [1.54, 1.807) is 0 Å². The first kappa shape index (κ1) is 19.8. The molecule has 0 spiro atoms. The van der Waals surface area contributed by atoms with Crippen molar-refractivity contribution >= 4 is 29.0 Å². The third-order valence-corrected chi connectivity index (χ3v) is 5.66. The normalized spacial score (nSPS) is 14.4. The van der Waals surface area contributed by atoms with Crippen LogP contribution in [-0.2, 0) is 4.79 Å². The first-order chi connectivity index (χ1) is 13.5. The van der Waals surface area contributed by atoms with Crippen molar-refractivity contribution in [1.29, 1.82) is 5.26 Å². The van der Waals surface area contributed by atoms with Crippen molar-refractivity contribution in [2.45, 2.75) is 50.2 Å². The number of nitro benzene ring substituents is 1. The average Bonchev–Trinajstić information content (AvgIpc) is 3.07. The third kappa shape index (κ3) is 4.48. The third-order valence-electron chi connectivity index (χ3n) is 4.72. The number of aryl methyl sites for hydroxylation is 1. The number of hydrogen-bond acceptors (Lipinski definition) is 7. The Kier molecular flexibility index (Phi) is 6.26. The van der Waals surface area contributed by atoms with Crippen molar-refractivity contribution in [2.24, 2.45) is 0 Å². The van der Waals surface area contributed by atoms with Crippen LogP contribution >= 0.6 is 11.8 Å². The van der Waals surface area contributed by atoms with E-state index in [0.717, 1.165) is 24.7 Å². The zero-order valence-corrected chi connectivity index (χ0v) is 16.2. The van der Waals surface area contributed by atoms with E-state index in [2.05, 4.69) is 20.1 Å². The quantitative estimate of drug-likeness (QED) is 0.446. The van der Waals surface area contributed by atoms with Crippen molar-refractivity contribution in [3.8, 4) is 6.07 Å². The summed E-state index contributed by atoms with van der Waals surface area (Å²) in [6.45, 7) is 1.92. The van der Waals surface area contributed by atoms with Gasteiger partial charge < -0.3 is 9.88 Å². The molecule has 0 radical (unpaired) electrons. The van der Waals surface area contributed by atoms with Gasteiger partial charge in [0.15, 0.2) is 5.16 Å². The molecule has 1 saturated carbocycles. The SMILES string of the molecule is Cc1nnc(SCC(=O)Nc2ccc([N+](=O)[O-])cc2C#N)n1C1CCCCC1. The Hall–Kier alpha value is -2.93. The smallest absolute Gasteiger partial charge is 0.270 e. The number of thioether (sulfide) groups is 1. The summed E-state index contributed by atoms with van der Waals surface area (Å²) in [5.74, 6) is 0.635. The molecular weight excluding hydrogens is 380 g/mol. The summed E-state index contributed by atoms with van der Waals surface area (Å²) in [7, 11) is 0. The number of carbonyl (C=O) groups excluding carboxylic acids is 1. The number of nitrogens with one attached hydrogen (secondary N) is 1. The average molecular weight is 400 g/mol. The molecule has 2 aromatic rings. The number of nitriles is 1. The molecule has 10 heteroatoms. The van der Waals surface area contributed by atoms with Crippen molar-refractivity contribution in [3.63, 3.8) is 0 Å². The van der Waals surface area contributed by atoms with Crippen LogP contribution in [0.2, 0.25) is 0 Å². The van der Waals surface area contributed by atoms with E-state index in [-0.39, 0.29) is 28.6 Å². The highest BCUT2D eigenvalue weighted by molar-refractivity contribution is 7.99. The van der Waals surface area contributed by atoms with Crippen LogP contribution in [0.4, 0.5) is 11.4 Å². The van der Waals surface area contributed by atoms with Crippen LogP contribution in [0.25, 0.3) is 0 Å². The van der Waals surface area contributed by atoms with Gasteiger partial charge in [0.1, 0.15) is 11.9 Å². The lowest BCUT2D eigenvalue weighted by Gasteiger charge is -2.24. The van der Waals surface area contributed by atoms with Crippen LogP contribution in [0.15, 0.2) is 23.4 Å². The lowest BCUT2D eigenvalue weighted by atomic mass is 9.95. The maximum atomic E-state index is 12.3. The van der Waals surface area contributed by atoms with Gasteiger partial charge >= 0.3 is 0 Å². The Balaban J connectivity index is 1.66. The van der Waals surface area contributed by atoms with E-state index in [0.29, 0.717) is 11.2 Å². The van der Waals surface area contributed by atoms with Crippen LogP contribution in [0.3, 0.4) is 0 Å². The molecule has 3 rings (SSSR count). The van der Waals surface area contributed by atoms with Crippen LogP contribution in [0.1, 0.15) is 49.5 Å². The number of rotatable bonds is 6. The van der Waals surface area contributed by atoms with Gasteiger partial charge in [-0.15, -0.1) is 10.2 Å². The van der Waals surface area contributed by atoms with Gasteiger partial charge in [0.25, 0.3) is 5.69 Å². The van der Waals surface area contributed by atoms with Crippen molar-refractivity contribution in [1.82, 2.24) is 14.8 Å². The van der Waals surface area contributed by atoms with E-state index in [4.69, 9.17) is 0 Å². The molecule has 1 fully saturated rings. The van der Waals surface area contributed by atoms with Gasteiger partial charge in [-0.25, -0.2) is 0 Å². The summed E-state index contributed by atoms with van der Waals surface area (Å²) in [5, 5.41) is 31.7. The van der Waals surface area contributed by atoms with Gasteiger partial charge in [-0.3, -0.25) is 14.9 Å². The molecule has 9 nitrogen and oxygen atoms in total. The summed E-state index contributed by atoms with van der Waals surface area (Å²) in [4.78, 5) is 22.6. The van der Waals surface area contributed by atoms with Gasteiger partial charge in [0.05, 0.1) is 21.9 Å². The number of hydrogen-bond donors (Lipinski definition) is 1. The second-order valence-corrected chi connectivity index (χ2v) is 7.57. The van der Waals surface area contributed by atoms with Crippen molar-refractivity contribution < 1.29 is 9.72 Å². The summed E-state index contributed by atoms with van der Waals surface area (Å²) in [6.07, 6.45) is 5.80. The summed E-state index contributed by atoms with van der Waals surface area (Å²) < 4.78 is 2.11. The van der Waals surface area contributed by atoms with Gasteiger partial charge in [-0.05, 0) is 25.8 Å². The van der Waals surface area contributed by atoms with E-state index < -0.39 is 4.92 Å². The predicted molar refractivity (Wildman–Crippen MR) is 104 cm³/mol. The van der Waals surface area contributed by atoms with Crippen molar-refractivity contribution in [3.05, 3.63) is 39.7 Å². The summed E-state index contributed by atoms with van der Waals surface area (Å²) in [5.41, 5.74) is 0.109. The molecule has 1 aromatic carbocycles. The Bertz CT molecular complexity index is 930. The minimum Gasteiger partial charge on any atom is -0.324 e. The molecule has 1 heterocycles. The molecule has 0 saturated heterocycles. The highest BCUT2D eigenvalue weighted by Crippen LogP contribution is 2.32. The maximum Gasteiger partial charge on any atom is 0.270 e. The van der Waals surface area contributed by atoms with Crippen molar-refractivity contribution in [2.75, 3.05) is 11.1 Å². The Morgan fingerprint density at radius 1 is 1.39 bits per heavy atom. The Morgan fingerprint density at radius 2 is 2.14 bits per heavy atom. The number of amides is 1. The highest BCUT2D eigenvalue weighted by atomic mass is 32.2. The number of anilines is 1. The molecule has 146 valence electrons. The molecule has 0 bridgehead atoms. The first-order valence-electron chi connectivity index (χ1n) is 9.02. The molecule has 1 amide bonds. The van der Waals surface area contributed by atoms with Gasteiger partial charge in [0, 0.05) is 18.2 Å². The summed E-state index contributed by atoms with van der Waals surface area (Å²) >= 11 is 1.30. The second-order valence-electron chi connectivity index (χ2n) is 6.63. The number of benzene rings is 1. The first-order valence-corrected chi connectivity index (χ1v) is 10.0.